The van der Waals surface area contributed by atoms with Gasteiger partial charge in [-0.3, -0.25) is 0 Å². The van der Waals surface area contributed by atoms with Crippen LogP contribution >= 0.6 is 11.8 Å². The molecule has 1 aromatic rings. The number of thioether (sulfide) groups is 1. The highest BCUT2D eigenvalue weighted by Crippen LogP contribution is 2.27. The predicted molar refractivity (Wildman–Crippen MR) is 55.9 cm³/mol. The molecule has 0 aromatic heterocycles. The van der Waals surface area contributed by atoms with Gasteiger partial charge in [-0.2, -0.15) is 0 Å². The highest BCUT2D eigenvalue weighted by molar-refractivity contribution is 7.98. The first-order valence-corrected chi connectivity index (χ1v) is 5.63. The zero-order valence-corrected chi connectivity index (χ0v) is 8.10. The number of fused-ring (bicyclic) bond motifs is 1. The maximum atomic E-state index is 2.44. The van der Waals surface area contributed by atoms with Gasteiger partial charge in [0.1, 0.15) is 0 Å². The Labute approximate surface area is 77.8 Å². The van der Waals surface area contributed by atoms with Crippen LogP contribution in [0.1, 0.15) is 5.56 Å². The van der Waals surface area contributed by atoms with Crippen LogP contribution in [0.5, 0.6) is 0 Å². The van der Waals surface area contributed by atoms with Crippen LogP contribution in [0.15, 0.2) is 24.3 Å². The molecule has 0 radical (unpaired) electrons. The van der Waals surface area contributed by atoms with Crippen molar-refractivity contribution in [3.05, 3.63) is 29.8 Å². The third-order valence-electron chi connectivity index (χ3n) is 2.27. The Hall–Kier alpha value is -0.630. The minimum atomic E-state index is 1.12. The van der Waals surface area contributed by atoms with Crippen molar-refractivity contribution in [3.8, 4) is 0 Å². The minimum Gasteiger partial charge on any atom is -0.362 e. The van der Waals surface area contributed by atoms with Gasteiger partial charge >= 0.3 is 0 Å². The van der Waals surface area contributed by atoms with Crippen molar-refractivity contribution >= 4 is 17.4 Å². The SMILES string of the molecule is CSCN1CCc2ccccc21. The molecule has 1 aliphatic rings. The zero-order valence-electron chi connectivity index (χ0n) is 7.29. The molecule has 0 aliphatic carbocycles. The van der Waals surface area contributed by atoms with E-state index in [1.807, 2.05) is 11.8 Å². The normalized spacial score (nSPS) is 14.9. The minimum absolute atomic E-state index is 1.12. The van der Waals surface area contributed by atoms with Crippen LogP contribution in [0.3, 0.4) is 0 Å². The van der Waals surface area contributed by atoms with Gasteiger partial charge < -0.3 is 4.90 Å². The summed E-state index contributed by atoms with van der Waals surface area (Å²) in [6, 6.07) is 8.70. The standard InChI is InChI=1S/C10H13NS/c1-12-8-11-7-6-9-4-2-3-5-10(9)11/h2-5H,6-8H2,1H3. The summed E-state index contributed by atoms with van der Waals surface area (Å²) < 4.78 is 0. The van der Waals surface area contributed by atoms with Gasteiger partial charge in [-0.05, 0) is 24.3 Å². The van der Waals surface area contributed by atoms with Crippen LogP contribution < -0.4 is 4.90 Å². The number of para-hydroxylation sites is 1. The second-order valence-corrected chi connectivity index (χ2v) is 3.90. The molecule has 0 spiro atoms. The number of anilines is 1. The van der Waals surface area contributed by atoms with Crippen molar-refractivity contribution in [3.63, 3.8) is 0 Å². The maximum Gasteiger partial charge on any atom is 0.0636 e. The van der Waals surface area contributed by atoms with Crippen molar-refractivity contribution in [1.82, 2.24) is 0 Å². The summed E-state index contributed by atoms with van der Waals surface area (Å²) in [5.41, 5.74) is 2.94. The number of hydrogen-bond acceptors (Lipinski definition) is 2. The zero-order chi connectivity index (χ0) is 8.39. The first kappa shape index (κ1) is 7.99. The van der Waals surface area contributed by atoms with E-state index in [9.17, 15) is 0 Å². The van der Waals surface area contributed by atoms with Gasteiger partial charge in [-0.25, -0.2) is 0 Å². The third-order valence-corrected chi connectivity index (χ3v) is 2.84. The molecule has 1 nitrogen and oxygen atoms in total. The lowest BCUT2D eigenvalue weighted by Crippen LogP contribution is -2.18. The largest absolute Gasteiger partial charge is 0.362 e. The third kappa shape index (κ3) is 1.31. The van der Waals surface area contributed by atoms with Gasteiger partial charge in [0.05, 0.1) is 5.88 Å². The fourth-order valence-electron chi connectivity index (χ4n) is 1.70. The van der Waals surface area contributed by atoms with Crippen molar-refractivity contribution in [1.29, 1.82) is 0 Å². The molecule has 2 heteroatoms. The topological polar surface area (TPSA) is 3.24 Å². The van der Waals surface area contributed by atoms with E-state index in [4.69, 9.17) is 0 Å². The average molecular weight is 179 g/mol. The number of rotatable bonds is 2. The van der Waals surface area contributed by atoms with Gasteiger partial charge in [0, 0.05) is 12.2 Å². The molecular weight excluding hydrogens is 166 g/mol. The molecule has 0 fully saturated rings. The first-order valence-electron chi connectivity index (χ1n) is 4.23. The van der Waals surface area contributed by atoms with E-state index >= 15 is 0 Å². The molecule has 1 heterocycles. The highest BCUT2D eigenvalue weighted by Gasteiger charge is 2.16. The Morgan fingerprint density at radius 2 is 2.25 bits per heavy atom. The summed E-state index contributed by atoms with van der Waals surface area (Å²) >= 11 is 1.89. The summed E-state index contributed by atoms with van der Waals surface area (Å²) in [5.74, 6) is 1.12. The average Bonchev–Trinajstić information content (AvgIpc) is 2.50. The Balaban J connectivity index is 2.24. The summed E-state index contributed by atoms with van der Waals surface area (Å²) in [7, 11) is 0. The monoisotopic (exact) mass is 179 g/mol. The molecule has 64 valence electrons. The van der Waals surface area contributed by atoms with Gasteiger partial charge in [-0.1, -0.05) is 18.2 Å². The van der Waals surface area contributed by atoms with Gasteiger partial charge in [0.15, 0.2) is 0 Å². The Morgan fingerprint density at radius 1 is 1.42 bits per heavy atom. The smallest absolute Gasteiger partial charge is 0.0636 e. The van der Waals surface area contributed by atoms with Crippen LogP contribution in [0.4, 0.5) is 5.69 Å². The van der Waals surface area contributed by atoms with E-state index in [2.05, 4.69) is 35.4 Å². The fourth-order valence-corrected chi connectivity index (χ4v) is 2.28. The Kier molecular flexibility index (Phi) is 2.26. The molecular formula is C10H13NS. The van der Waals surface area contributed by atoms with E-state index in [0.29, 0.717) is 0 Å². The molecule has 0 amide bonds. The molecule has 0 bridgehead atoms. The number of hydrogen-bond donors (Lipinski definition) is 0. The lowest BCUT2D eigenvalue weighted by molar-refractivity contribution is 0.939. The molecule has 0 unspecified atom stereocenters. The molecule has 0 N–H and O–H groups in total. The molecule has 0 saturated heterocycles. The molecule has 0 atom stereocenters. The van der Waals surface area contributed by atoms with Crippen LogP contribution in [0.2, 0.25) is 0 Å². The van der Waals surface area contributed by atoms with E-state index in [1.165, 1.54) is 24.2 Å². The summed E-state index contributed by atoms with van der Waals surface area (Å²) in [4.78, 5) is 2.44. The second-order valence-electron chi connectivity index (χ2n) is 3.06. The molecule has 12 heavy (non-hydrogen) atoms. The molecule has 2 rings (SSSR count). The number of benzene rings is 1. The van der Waals surface area contributed by atoms with E-state index in [0.717, 1.165) is 5.88 Å². The van der Waals surface area contributed by atoms with Crippen molar-refractivity contribution in [2.75, 3.05) is 23.6 Å². The Morgan fingerprint density at radius 3 is 3.08 bits per heavy atom. The maximum absolute atomic E-state index is 2.44. The van der Waals surface area contributed by atoms with Crippen LogP contribution in [0, 0.1) is 0 Å². The van der Waals surface area contributed by atoms with Gasteiger partial charge in [-0.15, -0.1) is 11.8 Å². The van der Waals surface area contributed by atoms with E-state index in [1.54, 1.807) is 0 Å². The summed E-state index contributed by atoms with van der Waals surface area (Å²) in [6.45, 7) is 1.19. The van der Waals surface area contributed by atoms with Crippen molar-refractivity contribution in [2.24, 2.45) is 0 Å². The van der Waals surface area contributed by atoms with Crippen LogP contribution in [0.25, 0.3) is 0 Å². The molecule has 1 aliphatic heterocycles. The lowest BCUT2D eigenvalue weighted by Gasteiger charge is -2.17. The second kappa shape index (κ2) is 3.40. The molecule has 1 aromatic carbocycles. The Bertz CT molecular complexity index is 270. The van der Waals surface area contributed by atoms with Gasteiger partial charge in [0.25, 0.3) is 0 Å². The summed E-state index contributed by atoms with van der Waals surface area (Å²) in [6.07, 6.45) is 3.37. The van der Waals surface area contributed by atoms with Crippen molar-refractivity contribution in [2.45, 2.75) is 6.42 Å². The van der Waals surface area contributed by atoms with Gasteiger partial charge in [0.2, 0.25) is 0 Å². The highest BCUT2D eigenvalue weighted by atomic mass is 32.2. The predicted octanol–water partition coefficient (Wildman–Crippen LogP) is 2.37. The van der Waals surface area contributed by atoms with Crippen molar-refractivity contribution < 1.29 is 0 Å². The van der Waals surface area contributed by atoms with Crippen LogP contribution in [-0.4, -0.2) is 18.7 Å². The lowest BCUT2D eigenvalue weighted by atomic mass is 10.2. The first-order chi connectivity index (χ1) is 5.92. The number of nitrogens with zero attached hydrogens (tertiary/aromatic N) is 1. The quantitative estimate of drug-likeness (QED) is 0.685. The van der Waals surface area contributed by atoms with Crippen LogP contribution in [-0.2, 0) is 6.42 Å². The van der Waals surface area contributed by atoms with E-state index in [-0.39, 0.29) is 0 Å². The van der Waals surface area contributed by atoms with E-state index < -0.39 is 0 Å². The molecule has 0 saturated carbocycles. The fraction of sp³-hybridized carbons (Fsp3) is 0.400. The summed E-state index contributed by atoms with van der Waals surface area (Å²) in [5, 5.41) is 0.